The molecule has 0 N–H and O–H groups in total. The lowest BCUT2D eigenvalue weighted by molar-refractivity contribution is -0.139. The van der Waals surface area contributed by atoms with Gasteiger partial charge in [0.15, 0.2) is 11.6 Å². The van der Waals surface area contributed by atoms with E-state index in [2.05, 4.69) is 9.97 Å². The molecule has 0 spiro atoms. The van der Waals surface area contributed by atoms with E-state index in [0.29, 0.717) is 24.8 Å². The van der Waals surface area contributed by atoms with E-state index >= 15 is 0 Å². The second-order valence-corrected chi connectivity index (χ2v) is 5.99. The lowest BCUT2D eigenvalue weighted by Crippen LogP contribution is -2.40. The third-order valence-electron chi connectivity index (χ3n) is 4.06. The number of halogens is 3. The first kappa shape index (κ1) is 17.5. The molecule has 25 heavy (non-hydrogen) atoms. The maximum atomic E-state index is 13.3. The first-order valence-electron chi connectivity index (χ1n) is 7.89. The molecule has 1 saturated heterocycles. The highest BCUT2D eigenvalue weighted by Crippen LogP contribution is 2.37. The van der Waals surface area contributed by atoms with Gasteiger partial charge in [-0.2, -0.15) is 13.2 Å². The number of hydrogen-bond acceptors (Lipinski definition) is 5. The average molecular weight is 352 g/mol. The van der Waals surface area contributed by atoms with Crippen LogP contribution in [0.15, 0.2) is 36.7 Å². The highest BCUT2D eigenvalue weighted by atomic mass is 19.4. The number of ether oxygens (including phenoxy) is 1. The molecule has 0 saturated carbocycles. The van der Waals surface area contributed by atoms with Crippen LogP contribution in [0.1, 0.15) is 17.2 Å². The van der Waals surface area contributed by atoms with Crippen molar-refractivity contribution in [2.75, 3.05) is 43.6 Å². The van der Waals surface area contributed by atoms with E-state index < -0.39 is 17.8 Å². The molecular weight excluding hydrogens is 333 g/mol. The molecule has 1 atom stereocenters. The molecule has 0 amide bonds. The predicted molar refractivity (Wildman–Crippen MR) is 88.7 cm³/mol. The van der Waals surface area contributed by atoms with Gasteiger partial charge in [-0.15, -0.1) is 0 Å². The zero-order valence-corrected chi connectivity index (χ0v) is 14.0. The van der Waals surface area contributed by atoms with Crippen LogP contribution >= 0.6 is 0 Å². The van der Waals surface area contributed by atoms with E-state index in [1.165, 1.54) is 12.1 Å². The number of rotatable bonds is 3. The van der Waals surface area contributed by atoms with Crippen LogP contribution < -0.4 is 9.80 Å². The zero-order valence-electron chi connectivity index (χ0n) is 14.0. The molecule has 1 fully saturated rings. The molecule has 134 valence electrons. The van der Waals surface area contributed by atoms with E-state index in [0.717, 1.165) is 6.07 Å². The van der Waals surface area contributed by atoms with Gasteiger partial charge in [-0.25, -0.2) is 9.97 Å². The van der Waals surface area contributed by atoms with Crippen molar-refractivity contribution in [3.05, 3.63) is 47.8 Å². The zero-order chi connectivity index (χ0) is 18.0. The van der Waals surface area contributed by atoms with Crippen LogP contribution in [0, 0.1) is 0 Å². The Kier molecular flexibility index (Phi) is 4.80. The van der Waals surface area contributed by atoms with Gasteiger partial charge in [-0.3, -0.25) is 0 Å². The monoisotopic (exact) mass is 352 g/mol. The summed E-state index contributed by atoms with van der Waals surface area (Å²) in [5.74, 6) is 1.32. The van der Waals surface area contributed by atoms with Crippen molar-refractivity contribution in [1.82, 2.24) is 9.97 Å². The van der Waals surface area contributed by atoms with Crippen molar-refractivity contribution in [1.29, 1.82) is 0 Å². The molecule has 0 radical (unpaired) electrons. The summed E-state index contributed by atoms with van der Waals surface area (Å²) in [6.45, 7) is 1.15. The van der Waals surface area contributed by atoms with Gasteiger partial charge in [0, 0.05) is 33.0 Å². The lowest BCUT2D eigenvalue weighted by atomic mass is 10.0. The van der Waals surface area contributed by atoms with E-state index in [1.807, 2.05) is 23.9 Å². The molecule has 1 aromatic carbocycles. The van der Waals surface area contributed by atoms with Gasteiger partial charge in [0.25, 0.3) is 0 Å². The first-order valence-corrected chi connectivity index (χ1v) is 7.89. The normalized spacial score (nSPS) is 18.3. The summed E-state index contributed by atoms with van der Waals surface area (Å²) in [6, 6.07) is 5.55. The molecule has 8 heteroatoms. The highest BCUT2D eigenvalue weighted by molar-refractivity contribution is 5.61. The lowest BCUT2D eigenvalue weighted by Gasteiger charge is -2.35. The SMILES string of the molecule is CN(C)c1nccnc1N1CCOC(c2ccccc2C(F)(F)F)C1. The maximum absolute atomic E-state index is 13.3. The molecule has 1 aromatic heterocycles. The summed E-state index contributed by atoms with van der Waals surface area (Å²) in [5, 5.41) is 0. The largest absolute Gasteiger partial charge is 0.416 e. The van der Waals surface area contributed by atoms with E-state index in [9.17, 15) is 13.2 Å². The minimum Gasteiger partial charge on any atom is -0.370 e. The average Bonchev–Trinajstić information content (AvgIpc) is 2.61. The van der Waals surface area contributed by atoms with Crippen molar-refractivity contribution < 1.29 is 17.9 Å². The number of alkyl halides is 3. The first-order chi connectivity index (χ1) is 11.9. The van der Waals surface area contributed by atoms with Gasteiger partial charge in [-0.05, 0) is 11.6 Å². The Labute approximate surface area is 144 Å². The molecule has 2 aromatic rings. The van der Waals surface area contributed by atoms with Crippen LogP contribution in [0.25, 0.3) is 0 Å². The molecule has 1 aliphatic heterocycles. The fourth-order valence-corrected chi connectivity index (χ4v) is 2.93. The fourth-order valence-electron chi connectivity index (χ4n) is 2.93. The molecule has 2 heterocycles. The maximum Gasteiger partial charge on any atom is 0.416 e. The van der Waals surface area contributed by atoms with Gasteiger partial charge in [-0.1, -0.05) is 18.2 Å². The number of morpholine rings is 1. The van der Waals surface area contributed by atoms with Gasteiger partial charge < -0.3 is 14.5 Å². The van der Waals surface area contributed by atoms with Gasteiger partial charge >= 0.3 is 6.18 Å². The number of anilines is 2. The topological polar surface area (TPSA) is 41.5 Å². The van der Waals surface area contributed by atoms with Crippen LogP contribution in [0.5, 0.6) is 0 Å². The quantitative estimate of drug-likeness (QED) is 0.849. The van der Waals surface area contributed by atoms with Gasteiger partial charge in [0.2, 0.25) is 0 Å². The predicted octanol–water partition coefficient (Wildman–Crippen LogP) is 3.14. The van der Waals surface area contributed by atoms with Crippen molar-refractivity contribution in [3.8, 4) is 0 Å². The summed E-state index contributed by atoms with van der Waals surface area (Å²) in [6.07, 6.45) is -1.92. The summed E-state index contributed by atoms with van der Waals surface area (Å²) in [4.78, 5) is 12.4. The van der Waals surface area contributed by atoms with Crippen LogP contribution in [-0.2, 0) is 10.9 Å². The van der Waals surface area contributed by atoms with E-state index in [-0.39, 0.29) is 12.1 Å². The van der Waals surface area contributed by atoms with Crippen molar-refractivity contribution in [2.24, 2.45) is 0 Å². The molecule has 0 aliphatic carbocycles. The summed E-state index contributed by atoms with van der Waals surface area (Å²) in [5.41, 5.74) is -0.510. The Morgan fingerprint density at radius 3 is 2.60 bits per heavy atom. The Bertz CT molecular complexity index is 736. The van der Waals surface area contributed by atoms with Crippen molar-refractivity contribution in [3.63, 3.8) is 0 Å². The smallest absolute Gasteiger partial charge is 0.370 e. The van der Waals surface area contributed by atoms with Crippen LogP contribution in [0.3, 0.4) is 0 Å². The second-order valence-electron chi connectivity index (χ2n) is 5.99. The summed E-state index contributed by atoms with van der Waals surface area (Å²) < 4.78 is 45.5. The van der Waals surface area contributed by atoms with E-state index in [4.69, 9.17) is 4.74 Å². The van der Waals surface area contributed by atoms with Crippen LogP contribution in [0.2, 0.25) is 0 Å². The minimum atomic E-state index is -4.41. The molecule has 5 nitrogen and oxygen atoms in total. The van der Waals surface area contributed by atoms with Gasteiger partial charge in [0.05, 0.1) is 18.7 Å². The van der Waals surface area contributed by atoms with Crippen LogP contribution in [-0.4, -0.2) is 43.8 Å². The number of aromatic nitrogens is 2. The Morgan fingerprint density at radius 1 is 1.16 bits per heavy atom. The molecule has 3 rings (SSSR count). The standard InChI is InChI=1S/C17H19F3N4O/c1-23(2)15-16(22-8-7-21-15)24-9-10-25-14(11-24)12-5-3-4-6-13(12)17(18,19)20/h3-8,14H,9-11H2,1-2H3. The molecule has 0 bridgehead atoms. The minimum absolute atomic E-state index is 0.148. The third-order valence-corrected chi connectivity index (χ3v) is 4.06. The Morgan fingerprint density at radius 2 is 1.88 bits per heavy atom. The second kappa shape index (κ2) is 6.87. The van der Waals surface area contributed by atoms with Gasteiger partial charge in [0.1, 0.15) is 6.10 Å². The summed E-state index contributed by atoms with van der Waals surface area (Å²) in [7, 11) is 3.70. The van der Waals surface area contributed by atoms with E-state index in [1.54, 1.807) is 18.5 Å². The van der Waals surface area contributed by atoms with Crippen molar-refractivity contribution in [2.45, 2.75) is 12.3 Å². The number of hydrogen-bond donors (Lipinski definition) is 0. The fraction of sp³-hybridized carbons (Fsp3) is 0.412. The molecular formula is C17H19F3N4O. The highest BCUT2D eigenvalue weighted by Gasteiger charge is 2.36. The number of benzene rings is 1. The molecule has 1 unspecified atom stereocenters. The number of nitrogens with zero attached hydrogens (tertiary/aromatic N) is 4. The Hall–Kier alpha value is -2.35. The summed E-state index contributed by atoms with van der Waals surface area (Å²) >= 11 is 0. The molecule has 1 aliphatic rings. The Balaban J connectivity index is 1.91. The van der Waals surface area contributed by atoms with Crippen molar-refractivity contribution >= 4 is 11.6 Å². The van der Waals surface area contributed by atoms with Crippen LogP contribution in [0.4, 0.5) is 24.8 Å². The third kappa shape index (κ3) is 3.68.